The minimum Gasteiger partial charge on any atom is -0.241 e. The molecule has 0 aliphatic heterocycles. The van der Waals surface area contributed by atoms with E-state index in [1.54, 1.807) is 17.7 Å². The predicted molar refractivity (Wildman–Crippen MR) is 77.9 cm³/mol. The van der Waals surface area contributed by atoms with E-state index in [2.05, 4.69) is 26.1 Å². The first-order chi connectivity index (χ1) is 9.81. The Hall–Kier alpha value is -2.34. The van der Waals surface area contributed by atoms with E-state index < -0.39 is 0 Å². The van der Waals surface area contributed by atoms with Crippen LogP contribution in [0.15, 0.2) is 36.9 Å². The minimum atomic E-state index is 0.772. The molecule has 0 aliphatic carbocycles. The summed E-state index contributed by atoms with van der Waals surface area (Å²) in [6.07, 6.45) is 6.22. The van der Waals surface area contributed by atoms with Crippen molar-refractivity contribution in [3.05, 3.63) is 53.2 Å². The van der Waals surface area contributed by atoms with E-state index in [9.17, 15) is 0 Å². The molecule has 0 amide bonds. The van der Waals surface area contributed by atoms with Gasteiger partial charge in [-0.05, 0) is 19.1 Å². The highest BCUT2D eigenvalue weighted by Gasteiger charge is 2.11. The van der Waals surface area contributed by atoms with Gasteiger partial charge >= 0.3 is 0 Å². The van der Waals surface area contributed by atoms with Crippen LogP contribution >= 0.6 is 11.3 Å². The van der Waals surface area contributed by atoms with Crippen LogP contribution in [0.2, 0.25) is 0 Å². The summed E-state index contributed by atoms with van der Waals surface area (Å²) < 4.78 is 1.88. The molecule has 0 unspecified atom stereocenters. The fourth-order valence-electron chi connectivity index (χ4n) is 2.27. The van der Waals surface area contributed by atoms with Crippen LogP contribution in [0.25, 0.3) is 15.9 Å². The first-order valence-electron chi connectivity index (χ1n) is 6.29. The Bertz CT molecular complexity index is 908. The molecule has 0 bridgehead atoms. The molecule has 0 spiro atoms. The second kappa shape index (κ2) is 4.35. The van der Waals surface area contributed by atoms with Crippen LogP contribution in [-0.2, 0) is 6.42 Å². The van der Waals surface area contributed by atoms with Gasteiger partial charge in [0.15, 0.2) is 0 Å². The second-order valence-corrected chi connectivity index (χ2v) is 5.66. The quantitative estimate of drug-likeness (QED) is 0.567. The first kappa shape index (κ1) is 11.5. The fourth-order valence-corrected chi connectivity index (χ4v) is 3.25. The van der Waals surface area contributed by atoms with E-state index in [0.717, 1.165) is 33.0 Å². The largest absolute Gasteiger partial charge is 0.241 e. The Morgan fingerprint density at radius 1 is 1.25 bits per heavy atom. The normalized spacial score (nSPS) is 11.4. The van der Waals surface area contributed by atoms with Gasteiger partial charge in [-0.15, -0.1) is 0 Å². The Morgan fingerprint density at radius 2 is 2.20 bits per heavy atom. The van der Waals surface area contributed by atoms with Crippen LogP contribution < -0.4 is 0 Å². The molecule has 4 aromatic heterocycles. The lowest BCUT2D eigenvalue weighted by atomic mass is 10.2. The summed E-state index contributed by atoms with van der Waals surface area (Å²) in [6.45, 7) is 1.96. The van der Waals surface area contributed by atoms with E-state index in [-0.39, 0.29) is 0 Å². The zero-order valence-corrected chi connectivity index (χ0v) is 11.6. The van der Waals surface area contributed by atoms with Gasteiger partial charge in [-0.2, -0.15) is 5.10 Å². The van der Waals surface area contributed by atoms with Gasteiger partial charge in [0.1, 0.15) is 21.7 Å². The van der Waals surface area contributed by atoms with Crippen molar-refractivity contribution in [2.45, 2.75) is 13.3 Å². The third kappa shape index (κ3) is 1.77. The molecule has 0 saturated heterocycles. The number of thiazole rings is 1. The monoisotopic (exact) mass is 281 g/mol. The number of rotatable bonds is 2. The van der Waals surface area contributed by atoms with Crippen molar-refractivity contribution in [3.63, 3.8) is 0 Å². The molecule has 4 heterocycles. The van der Waals surface area contributed by atoms with Gasteiger partial charge in [0.25, 0.3) is 0 Å². The third-order valence-electron chi connectivity index (χ3n) is 3.27. The number of fused-ring (bicyclic) bond motifs is 2. The lowest BCUT2D eigenvalue weighted by Gasteiger charge is -1.95. The van der Waals surface area contributed by atoms with Gasteiger partial charge in [0.05, 0.1) is 17.4 Å². The van der Waals surface area contributed by atoms with Crippen LogP contribution in [0.3, 0.4) is 0 Å². The smallest absolute Gasteiger partial charge is 0.147 e. The molecule has 20 heavy (non-hydrogen) atoms. The summed E-state index contributed by atoms with van der Waals surface area (Å²) in [7, 11) is 0. The van der Waals surface area contributed by atoms with E-state index in [0.29, 0.717) is 0 Å². The van der Waals surface area contributed by atoms with Gasteiger partial charge in [0.2, 0.25) is 0 Å². The maximum absolute atomic E-state index is 4.65. The molecule has 0 saturated carbocycles. The SMILES string of the molecule is Cc1ncnc2sc(Cc3cnn4ccccc34)nc12. The first-order valence-corrected chi connectivity index (χ1v) is 7.11. The van der Waals surface area contributed by atoms with Gasteiger partial charge < -0.3 is 0 Å². The minimum absolute atomic E-state index is 0.772. The zero-order chi connectivity index (χ0) is 13.5. The molecule has 4 aromatic rings. The van der Waals surface area contributed by atoms with Crippen LogP contribution in [0.1, 0.15) is 16.3 Å². The lowest BCUT2D eigenvalue weighted by Crippen LogP contribution is -1.88. The summed E-state index contributed by atoms with van der Waals surface area (Å²) in [4.78, 5) is 14.1. The fraction of sp³-hybridized carbons (Fsp3) is 0.143. The number of aryl methyl sites for hydroxylation is 1. The van der Waals surface area contributed by atoms with Gasteiger partial charge in [-0.1, -0.05) is 17.4 Å². The van der Waals surface area contributed by atoms with Crippen LogP contribution in [0, 0.1) is 6.92 Å². The van der Waals surface area contributed by atoms with Gasteiger partial charge in [-0.25, -0.2) is 19.5 Å². The maximum atomic E-state index is 4.65. The summed E-state index contributed by atoms with van der Waals surface area (Å²) >= 11 is 1.62. The Labute approximate surface area is 119 Å². The molecule has 0 atom stereocenters. The molecule has 0 radical (unpaired) electrons. The second-order valence-electron chi connectivity index (χ2n) is 4.60. The van der Waals surface area contributed by atoms with Crippen molar-refractivity contribution < 1.29 is 0 Å². The van der Waals surface area contributed by atoms with E-state index >= 15 is 0 Å². The molecular formula is C14H11N5S. The third-order valence-corrected chi connectivity index (χ3v) is 4.23. The van der Waals surface area contributed by atoms with Crippen LogP contribution in [-0.4, -0.2) is 24.6 Å². The highest BCUT2D eigenvalue weighted by molar-refractivity contribution is 7.18. The van der Waals surface area contributed by atoms with E-state index in [4.69, 9.17) is 0 Å². The van der Waals surface area contributed by atoms with Gasteiger partial charge in [-0.3, -0.25) is 0 Å². The predicted octanol–water partition coefficient (Wildman–Crippen LogP) is 2.63. The molecule has 0 N–H and O–H groups in total. The van der Waals surface area contributed by atoms with Crippen molar-refractivity contribution in [2.24, 2.45) is 0 Å². The zero-order valence-electron chi connectivity index (χ0n) is 10.8. The van der Waals surface area contributed by atoms with Crippen molar-refractivity contribution in [2.75, 3.05) is 0 Å². The van der Waals surface area contributed by atoms with Crippen LogP contribution in [0.5, 0.6) is 0 Å². The lowest BCUT2D eigenvalue weighted by molar-refractivity contribution is 0.961. The standard InChI is InChI=1S/C14H11N5S/c1-9-13-14(16-8-15-9)20-12(18-13)6-10-7-17-19-5-3-2-4-11(10)19/h2-5,7-8H,6H2,1H3. The Balaban J connectivity index is 1.79. The summed E-state index contributed by atoms with van der Waals surface area (Å²) in [6, 6.07) is 6.07. The summed E-state index contributed by atoms with van der Waals surface area (Å²) in [5.41, 5.74) is 4.13. The van der Waals surface area contributed by atoms with Gasteiger partial charge in [0, 0.05) is 18.2 Å². The molecule has 98 valence electrons. The number of hydrogen-bond acceptors (Lipinski definition) is 5. The van der Waals surface area contributed by atoms with Crippen molar-refractivity contribution in [3.8, 4) is 0 Å². The molecule has 0 aliphatic rings. The average molecular weight is 281 g/mol. The average Bonchev–Trinajstić information content (AvgIpc) is 3.05. The van der Waals surface area contributed by atoms with E-state index in [1.165, 1.54) is 5.56 Å². The Kier molecular flexibility index (Phi) is 2.50. The van der Waals surface area contributed by atoms with Crippen LogP contribution in [0.4, 0.5) is 0 Å². The Morgan fingerprint density at radius 3 is 3.10 bits per heavy atom. The highest BCUT2D eigenvalue weighted by Crippen LogP contribution is 2.24. The maximum Gasteiger partial charge on any atom is 0.147 e. The van der Waals surface area contributed by atoms with Crippen molar-refractivity contribution in [1.29, 1.82) is 0 Å². The molecule has 0 fully saturated rings. The van der Waals surface area contributed by atoms with Crippen molar-refractivity contribution >= 4 is 27.2 Å². The molecule has 0 aromatic carbocycles. The number of pyridine rings is 1. The molecule has 4 rings (SSSR count). The topological polar surface area (TPSA) is 56.0 Å². The number of hydrogen-bond donors (Lipinski definition) is 0. The number of aromatic nitrogens is 5. The molecule has 6 heteroatoms. The highest BCUT2D eigenvalue weighted by atomic mass is 32.1. The summed E-state index contributed by atoms with van der Waals surface area (Å²) in [5, 5.41) is 5.40. The number of nitrogens with zero attached hydrogens (tertiary/aromatic N) is 5. The molecule has 5 nitrogen and oxygen atoms in total. The van der Waals surface area contributed by atoms with Crippen molar-refractivity contribution in [1.82, 2.24) is 24.6 Å². The van der Waals surface area contributed by atoms with E-state index in [1.807, 2.05) is 36.0 Å². The molecular weight excluding hydrogens is 270 g/mol. The summed E-state index contributed by atoms with van der Waals surface area (Å²) in [5.74, 6) is 0.